The first-order valence-electron chi connectivity index (χ1n) is 7.16. The number of hydrogen-bond donors (Lipinski definition) is 2. The molecule has 4 N–H and O–H groups in total. The molecular weight excluding hydrogens is 318 g/mol. The smallest absolute Gasteiger partial charge is 0.250 e. The van der Waals surface area contributed by atoms with Crippen molar-refractivity contribution in [3.8, 4) is 0 Å². The molecule has 20 heavy (non-hydrogen) atoms. The zero-order valence-electron chi connectivity index (χ0n) is 11.4. The van der Waals surface area contributed by atoms with E-state index in [9.17, 15) is 4.79 Å². The Labute approximate surface area is 127 Å². The summed E-state index contributed by atoms with van der Waals surface area (Å²) in [5.74, 6) is 0.830. The second-order valence-corrected chi connectivity index (χ2v) is 6.87. The van der Waals surface area contributed by atoms with E-state index in [0.717, 1.165) is 29.7 Å². The van der Waals surface area contributed by atoms with Crippen molar-refractivity contribution < 1.29 is 4.79 Å². The number of rotatable bonds is 2. The second kappa shape index (κ2) is 5.37. The zero-order valence-corrected chi connectivity index (χ0v) is 13.0. The molecule has 1 saturated heterocycles. The lowest BCUT2D eigenvalue weighted by Gasteiger charge is -2.29. The molecule has 108 valence electrons. The van der Waals surface area contributed by atoms with Crippen LogP contribution in [0, 0.1) is 11.8 Å². The van der Waals surface area contributed by atoms with Crippen LogP contribution in [0.3, 0.4) is 0 Å². The van der Waals surface area contributed by atoms with Crippen LogP contribution in [0.4, 0.5) is 5.69 Å². The van der Waals surface area contributed by atoms with E-state index in [2.05, 4.69) is 20.8 Å². The van der Waals surface area contributed by atoms with Gasteiger partial charge < -0.3 is 16.4 Å². The fourth-order valence-corrected chi connectivity index (χ4v) is 4.06. The highest BCUT2D eigenvalue weighted by molar-refractivity contribution is 9.10. The van der Waals surface area contributed by atoms with Crippen molar-refractivity contribution in [2.24, 2.45) is 23.3 Å². The highest BCUT2D eigenvalue weighted by atomic mass is 79.9. The molecule has 1 amide bonds. The third-order valence-electron chi connectivity index (χ3n) is 4.72. The Morgan fingerprint density at radius 2 is 2.10 bits per heavy atom. The van der Waals surface area contributed by atoms with Crippen molar-refractivity contribution in [2.75, 3.05) is 18.0 Å². The maximum absolute atomic E-state index is 11.7. The molecular formula is C15H20BrN3O. The van der Waals surface area contributed by atoms with Crippen molar-refractivity contribution >= 4 is 27.5 Å². The summed E-state index contributed by atoms with van der Waals surface area (Å²) >= 11 is 3.40. The summed E-state index contributed by atoms with van der Waals surface area (Å²) in [6.07, 6.45) is 3.59. The lowest BCUT2D eigenvalue weighted by Crippen LogP contribution is -2.38. The van der Waals surface area contributed by atoms with E-state index < -0.39 is 0 Å². The van der Waals surface area contributed by atoms with E-state index in [0.29, 0.717) is 23.4 Å². The maximum Gasteiger partial charge on any atom is 0.250 e. The molecule has 1 aromatic rings. The monoisotopic (exact) mass is 337 g/mol. The number of fused-ring (bicyclic) bond motifs is 1. The van der Waals surface area contributed by atoms with Crippen LogP contribution < -0.4 is 16.4 Å². The summed E-state index contributed by atoms with van der Waals surface area (Å²) < 4.78 is 0.878. The number of nitrogens with two attached hydrogens (primary N) is 2. The van der Waals surface area contributed by atoms with Crippen molar-refractivity contribution in [2.45, 2.75) is 25.3 Å². The first-order chi connectivity index (χ1) is 9.56. The topological polar surface area (TPSA) is 72.4 Å². The van der Waals surface area contributed by atoms with Crippen LogP contribution in [0.2, 0.25) is 0 Å². The standard InChI is InChI=1S/C15H20BrN3O/c16-10-4-5-14(11(6-10)15(18)20)19-7-9-2-1-3-13(17)12(9)8-19/h4-6,9,12-13H,1-3,7-8,17H2,(H2,18,20). The van der Waals surface area contributed by atoms with Gasteiger partial charge in [0.25, 0.3) is 5.91 Å². The Morgan fingerprint density at radius 1 is 1.30 bits per heavy atom. The number of halogens is 1. The van der Waals surface area contributed by atoms with Crippen LogP contribution >= 0.6 is 15.9 Å². The minimum atomic E-state index is -0.375. The quantitative estimate of drug-likeness (QED) is 0.868. The molecule has 3 rings (SSSR count). The van der Waals surface area contributed by atoms with E-state index in [-0.39, 0.29) is 5.91 Å². The molecule has 2 fully saturated rings. The van der Waals surface area contributed by atoms with Gasteiger partial charge in [0.1, 0.15) is 0 Å². The van der Waals surface area contributed by atoms with Gasteiger partial charge in [0.2, 0.25) is 0 Å². The Hall–Kier alpha value is -1.07. The number of carbonyl (C=O) groups is 1. The minimum Gasteiger partial charge on any atom is -0.370 e. The van der Waals surface area contributed by atoms with Gasteiger partial charge in [0, 0.05) is 29.3 Å². The Morgan fingerprint density at radius 3 is 2.80 bits per heavy atom. The van der Waals surface area contributed by atoms with Gasteiger partial charge in [0.05, 0.1) is 5.56 Å². The Bertz CT molecular complexity index is 534. The summed E-state index contributed by atoms with van der Waals surface area (Å²) in [6, 6.07) is 6.04. The fourth-order valence-electron chi connectivity index (χ4n) is 3.69. The fraction of sp³-hybridized carbons (Fsp3) is 0.533. The van der Waals surface area contributed by atoms with Crippen molar-refractivity contribution in [1.29, 1.82) is 0 Å². The summed E-state index contributed by atoms with van der Waals surface area (Å²) in [7, 11) is 0. The summed E-state index contributed by atoms with van der Waals surface area (Å²) in [6.45, 7) is 1.92. The first kappa shape index (κ1) is 13.9. The Balaban J connectivity index is 1.89. The highest BCUT2D eigenvalue weighted by Crippen LogP contribution is 2.38. The minimum absolute atomic E-state index is 0.297. The molecule has 1 aliphatic carbocycles. The molecule has 0 aromatic heterocycles. The number of hydrogen-bond acceptors (Lipinski definition) is 3. The molecule has 3 atom stereocenters. The van der Waals surface area contributed by atoms with Crippen LogP contribution in [0.5, 0.6) is 0 Å². The van der Waals surface area contributed by atoms with Gasteiger partial charge in [-0.05, 0) is 42.9 Å². The predicted molar refractivity (Wildman–Crippen MR) is 83.7 cm³/mol. The third kappa shape index (κ3) is 2.44. The number of anilines is 1. The molecule has 1 saturated carbocycles. The molecule has 0 bridgehead atoms. The average molecular weight is 338 g/mol. The van der Waals surface area contributed by atoms with E-state index in [1.54, 1.807) is 6.07 Å². The van der Waals surface area contributed by atoms with E-state index in [4.69, 9.17) is 11.5 Å². The van der Waals surface area contributed by atoms with E-state index >= 15 is 0 Å². The van der Waals surface area contributed by atoms with Gasteiger partial charge in [-0.25, -0.2) is 0 Å². The normalized spacial score (nSPS) is 29.3. The van der Waals surface area contributed by atoms with Gasteiger partial charge >= 0.3 is 0 Å². The van der Waals surface area contributed by atoms with Gasteiger partial charge in [0.15, 0.2) is 0 Å². The van der Waals surface area contributed by atoms with Gasteiger partial charge in [-0.3, -0.25) is 4.79 Å². The van der Waals surface area contributed by atoms with Crippen molar-refractivity contribution in [1.82, 2.24) is 0 Å². The number of nitrogens with zero attached hydrogens (tertiary/aromatic N) is 1. The molecule has 1 heterocycles. The lowest BCUT2D eigenvalue weighted by atomic mass is 9.78. The first-order valence-corrected chi connectivity index (χ1v) is 7.95. The van der Waals surface area contributed by atoms with Crippen molar-refractivity contribution in [3.63, 3.8) is 0 Å². The number of benzene rings is 1. The number of amides is 1. The largest absolute Gasteiger partial charge is 0.370 e. The lowest BCUT2D eigenvalue weighted by molar-refractivity contribution is 0.100. The van der Waals surface area contributed by atoms with Crippen LogP contribution in [0.15, 0.2) is 22.7 Å². The molecule has 1 aliphatic heterocycles. The zero-order chi connectivity index (χ0) is 14.3. The second-order valence-electron chi connectivity index (χ2n) is 5.95. The molecule has 3 unspecified atom stereocenters. The highest BCUT2D eigenvalue weighted by Gasteiger charge is 2.39. The molecule has 0 radical (unpaired) electrons. The number of carbonyl (C=O) groups excluding carboxylic acids is 1. The number of primary amides is 1. The summed E-state index contributed by atoms with van der Waals surface area (Å²) in [5, 5.41) is 0. The van der Waals surface area contributed by atoms with Gasteiger partial charge in [-0.2, -0.15) is 0 Å². The van der Waals surface area contributed by atoms with Crippen LogP contribution in [-0.4, -0.2) is 25.0 Å². The SMILES string of the molecule is NC(=O)c1cc(Br)ccc1N1CC2CCCC(N)C2C1. The molecule has 0 spiro atoms. The molecule has 4 nitrogen and oxygen atoms in total. The van der Waals surface area contributed by atoms with Crippen LogP contribution in [-0.2, 0) is 0 Å². The molecule has 2 aliphatic rings. The summed E-state index contributed by atoms with van der Waals surface area (Å²) in [5.41, 5.74) is 13.3. The van der Waals surface area contributed by atoms with Gasteiger partial charge in [-0.1, -0.05) is 22.4 Å². The molecule has 1 aromatic carbocycles. The third-order valence-corrected chi connectivity index (χ3v) is 5.21. The average Bonchev–Trinajstić information content (AvgIpc) is 2.84. The van der Waals surface area contributed by atoms with Gasteiger partial charge in [-0.15, -0.1) is 0 Å². The Kier molecular flexibility index (Phi) is 3.73. The van der Waals surface area contributed by atoms with Crippen LogP contribution in [0.1, 0.15) is 29.6 Å². The molecule has 5 heteroatoms. The van der Waals surface area contributed by atoms with Crippen LogP contribution in [0.25, 0.3) is 0 Å². The summed E-state index contributed by atoms with van der Waals surface area (Å²) in [4.78, 5) is 13.9. The van der Waals surface area contributed by atoms with E-state index in [1.807, 2.05) is 12.1 Å². The van der Waals surface area contributed by atoms with Crippen molar-refractivity contribution in [3.05, 3.63) is 28.2 Å². The predicted octanol–water partition coefficient (Wildman–Crippen LogP) is 2.11. The van der Waals surface area contributed by atoms with E-state index in [1.165, 1.54) is 12.8 Å². The maximum atomic E-state index is 11.7.